The second kappa shape index (κ2) is 7.88. The summed E-state index contributed by atoms with van der Waals surface area (Å²) in [6, 6.07) is 3.44. The molecule has 2 amide bonds. The van der Waals surface area contributed by atoms with Crippen molar-refractivity contribution in [3.8, 4) is 11.8 Å². The zero-order valence-electron chi connectivity index (χ0n) is 14.4. The summed E-state index contributed by atoms with van der Waals surface area (Å²) in [7, 11) is -3.17. The third-order valence-electron chi connectivity index (χ3n) is 3.56. The van der Waals surface area contributed by atoms with E-state index < -0.39 is 33.3 Å². The van der Waals surface area contributed by atoms with Crippen molar-refractivity contribution in [2.45, 2.75) is 30.3 Å². The number of urea groups is 1. The number of nitrogens with zero attached hydrogens (tertiary/aromatic N) is 3. The van der Waals surface area contributed by atoms with Gasteiger partial charge in [-0.2, -0.15) is 23.7 Å². The number of benzene rings is 1. The number of carbonyl (C=O) groups is 1. The average molecular weight is 415 g/mol. The fraction of sp³-hybridized carbons (Fsp3) is 0.333. The predicted octanol–water partition coefficient (Wildman–Crippen LogP) is 1.87. The van der Waals surface area contributed by atoms with Gasteiger partial charge in [-0.3, -0.25) is 5.32 Å². The zero-order chi connectivity index (χ0) is 20.3. The molecule has 0 unspecified atom stereocenters. The number of methoxy groups -OCH3 is 1. The van der Waals surface area contributed by atoms with Crippen LogP contribution < -0.4 is 19.5 Å². The largest absolute Gasteiger partial charge is 0.467 e. The van der Waals surface area contributed by atoms with Gasteiger partial charge < -0.3 is 9.47 Å². The van der Waals surface area contributed by atoms with Crippen LogP contribution in [0.2, 0.25) is 0 Å². The SMILES string of the molecule is COc1nc(NC(=O)NS(=O)(=O)c2ccccc2OC(F)F)nc(C2CC2)n1. The van der Waals surface area contributed by atoms with Crippen molar-refractivity contribution in [1.29, 1.82) is 0 Å². The minimum atomic E-state index is -4.51. The highest BCUT2D eigenvalue weighted by atomic mass is 32.2. The third kappa shape index (κ3) is 4.79. The van der Waals surface area contributed by atoms with E-state index in [9.17, 15) is 22.0 Å². The van der Waals surface area contributed by atoms with Crippen LogP contribution in [0.1, 0.15) is 24.6 Å². The molecule has 1 fully saturated rings. The number of rotatable bonds is 7. The van der Waals surface area contributed by atoms with Crippen molar-refractivity contribution in [2.24, 2.45) is 0 Å². The van der Waals surface area contributed by atoms with Gasteiger partial charge in [-0.05, 0) is 25.0 Å². The number of aromatic nitrogens is 3. The molecule has 0 atom stereocenters. The van der Waals surface area contributed by atoms with Crippen molar-refractivity contribution in [2.75, 3.05) is 12.4 Å². The Kier molecular flexibility index (Phi) is 5.53. The van der Waals surface area contributed by atoms with Crippen LogP contribution in [0, 0.1) is 0 Å². The second-order valence-electron chi connectivity index (χ2n) is 5.66. The standard InChI is InChI=1S/C15H15F2N5O5S/c1-26-15-19-11(8-6-7-8)18-13(21-15)20-14(23)22-28(24,25)10-5-3-2-4-9(10)27-12(16)17/h2-5,8,12H,6-7H2,1H3,(H2,18,19,20,21,22,23). The lowest BCUT2D eigenvalue weighted by molar-refractivity contribution is -0.0517. The molecule has 1 aromatic carbocycles. The number of hydrogen-bond donors (Lipinski definition) is 2. The molecule has 150 valence electrons. The maximum atomic E-state index is 12.5. The first-order valence-corrected chi connectivity index (χ1v) is 9.44. The maximum Gasteiger partial charge on any atom is 0.387 e. The van der Waals surface area contributed by atoms with E-state index in [-0.39, 0.29) is 17.9 Å². The molecule has 0 spiro atoms. The minimum Gasteiger partial charge on any atom is -0.467 e. The zero-order valence-corrected chi connectivity index (χ0v) is 15.2. The van der Waals surface area contributed by atoms with Crippen LogP contribution in [0.4, 0.5) is 19.5 Å². The highest BCUT2D eigenvalue weighted by Crippen LogP contribution is 2.38. The molecule has 1 saturated carbocycles. The molecule has 0 bridgehead atoms. The second-order valence-corrected chi connectivity index (χ2v) is 7.31. The summed E-state index contributed by atoms with van der Waals surface area (Å²) in [5, 5.41) is 2.17. The number of amides is 2. The van der Waals surface area contributed by atoms with Gasteiger partial charge in [0.1, 0.15) is 16.5 Å². The molecule has 10 nitrogen and oxygen atoms in total. The Morgan fingerprint density at radius 3 is 2.57 bits per heavy atom. The van der Waals surface area contributed by atoms with Crippen LogP contribution in [0.25, 0.3) is 0 Å². The van der Waals surface area contributed by atoms with Crippen LogP contribution in [0.3, 0.4) is 0 Å². The molecule has 1 aliphatic rings. The molecule has 1 heterocycles. The van der Waals surface area contributed by atoms with E-state index in [0.29, 0.717) is 5.82 Å². The summed E-state index contributed by atoms with van der Waals surface area (Å²) >= 11 is 0. The number of sulfonamides is 1. The van der Waals surface area contributed by atoms with Crippen LogP contribution in [-0.2, 0) is 10.0 Å². The number of para-hydroxylation sites is 1. The summed E-state index contributed by atoms with van der Waals surface area (Å²) in [4.78, 5) is 23.4. The monoisotopic (exact) mass is 415 g/mol. The molecule has 0 radical (unpaired) electrons. The van der Waals surface area contributed by atoms with Crippen molar-refractivity contribution in [1.82, 2.24) is 19.7 Å². The molecule has 2 N–H and O–H groups in total. The Balaban J connectivity index is 1.77. The Morgan fingerprint density at radius 2 is 1.93 bits per heavy atom. The third-order valence-corrected chi connectivity index (χ3v) is 4.93. The molecule has 28 heavy (non-hydrogen) atoms. The summed E-state index contributed by atoms with van der Waals surface area (Å²) < 4.78 is 60.5. The first kappa shape index (κ1) is 19.7. The molecule has 0 saturated heterocycles. The quantitative estimate of drug-likeness (QED) is 0.700. The van der Waals surface area contributed by atoms with E-state index in [1.165, 1.54) is 19.2 Å². The summed E-state index contributed by atoms with van der Waals surface area (Å²) in [5.74, 6) is -0.266. The van der Waals surface area contributed by atoms with Gasteiger partial charge >= 0.3 is 18.7 Å². The van der Waals surface area contributed by atoms with Crippen molar-refractivity contribution < 1.29 is 31.5 Å². The van der Waals surface area contributed by atoms with E-state index in [2.05, 4.69) is 25.0 Å². The number of alkyl halides is 2. The minimum absolute atomic E-state index is 0.0364. The fourth-order valence-corrected chi connectivity index (χ4v) is 3.26. The number of carbonyl (C=O) groups excluding carboxylic acids is 1. The van der Waals surface area contributed by atoms with Crippen molar-refractivity contribution in [3.05, 3.63) is 30.1 Å². The predicted molar refractivity (Wildman–Crippen MR) is 90.8 cm³/mol. The number of ether oxygens (including phenoxy) is 2. The molecular formula is C15H15F2N5O5S. The highest BCUT2D eigenvalue weighted by molar-refractivity contribution is 7.90. The van der Waals surface area contributed by atoms with Crippen LogP contribution in [0.5, 0.6) is 11.8 Å². The summed E-state index contributed by atoms with van der Waals surface area (Å²) in [6.45, 7) is -3.23. The number of hydrogen-bond acceptors (Lipinski definition) is 8. The smallest absolute Gasteiger partial charge is 0.387 e. The lowest BCUT2D eigenvalue weighted by Crippen LogP contribution is -2.35. The topological polar surface area (TPSA) is 132 Å². The number of anilines is 1. The molecule has 0 aliphatic heterocycles. The Bertz CT molecular complexity index is 985. The van der Waals surface area contributed by atoms with E-state index in [1.807, 2.05) is 0 Å². The Labute approximate surface area is 158 Å². The van der Waals surface area contributed by atoms with Gasteiger partial charge in [-0.1, -0.05) is 12.1 Å². The van der Waals surface area contributed by atoms with Crippen molar-refractivity contribution in [3.63, 3.8) is 0 Å². The molecule has 1 aliphatic carbocycles. The Morgan fingerprint density at radius 1 is 1.21 bits per heavy atom. The highest BCUT2D eigenvalue weighted by Gasteiger charge is 2.29. The molecule has 13 heteroatoms. The Hall–Kier alpha value is -3.09. The van der Waals surface area contributed by atoms with E-state index >= 15 is 0 Å². The molecule has 3 rings (SSSR count). The normalized spacial score (nSPS) is 13.9. The average Bonchev–Trinajstić information content (AvgIpc) is 3.45. The number of halogens is 2. The molecular weight excluding hydrogens is 400 g/mol. The van der Waals surface area contributed by atoms with Crippen LogP contribution in [0.15, 0.2) is 29.2 Å². The lowest BCUT2D eigenvalue weighted by atomic mass is 10.3. The van der Waals surface area contributed by atoms with Gasteiger partial charge in [-0.15, -0.1) is 0 Å². The number of nitrogens with one attached hydrogen (secondary N) is 2. The fourth-order valence-electron chi connectivity index (χ4n) is 2.21. The van der Waals surface area contributed by atoms with E-state index in [1.54, 1.807) is 4.72 Å². The molecule has 2 aromatic rings. The summed E-state index contributed by atoms with van der Waals surface area (Å²) in [6.07, 6.45) is 1.77. The van der Waals surface area contributed by atoms with Gasteiger partial charge in [0.2, 0.25) is 5.95 Å². The van der Waals surface area contributed by atoms with Crippen molar-refractivity contribution >= 4 is 22.0 Å². The first-order chi connectivity index (χ1) is 13.3. The van der Waals surface area contributed by atoms with E-state index in [0.717, 1.165) is 25.0 Å². The maximum absolute atomic E-state index is 12.5. The van der Waals surface area contributed by atoms with Gasteiger partial charge in [0, 0.05) is 5.92 Å². The summed E-state index contributed by atoms with van der Waals surface area (Å²) in [5.41, 5.74) is 0. The van der Waals surface area contributed by atoms with Crippen LogP contribution in [-0.4, -0.2) is 43.1 Å². The van der Waals surface area contributed by atoms with Gasteiger partial charge in [0.15, 0.2) is 0 Å². The van der Waals surface area contributed by atoms with E-state index in [4.69, 9.17) is 4.74 Å². The van der Waals surface area contributed by atoms with Crippen LogP contribution >= 0.6 is 0 Å². The van der Waals surface area contributed by atoms with Gasteiger partial charge in [0.25, 0.3) is 10.0 Å². The first-order valence-electron chi connectivity index (χ1n) is 7.96. The van der Waals surface area contributed by atoms with Gasteiger partial charge in [0.05, 0.1) is 7.11 Å². The lowest BCUT2D eigenvalue weighted by Gasteiger charge is -2.12. The molecule has 1 aromatic heterocycles. The van der Waals surface area contributed by atoms with Gasteiger partial charge in [-0.25, -0.2) is 17.9 Å².